The van der Waals surface area contributed by atoms with Crippen molar-refractivity contribution < 1.29 is 18.5 Å². The Balaban J connectivity index is 1.24. The van der Waals surface area contributed by atoms with Crippen LogP contribution in [0.3, 0.4) is 0 Å². The minimum atomic E-state index is -1.35. The van der Waals surface area contributed by atoms with E-state index in [1.54, 1.807) is 0 Å². The van der Waals surface area contributed by atoms with Gasteiger partial charge in [0.15, 0.2) is 0 Å². The molecule has 2 N–H and O–H groups in total. The molecule has 8 nitrogen and oxygen atoms in total. The van der Waals surface area contributed by atoms with Crippen LogP contribution in [0.5, 0.6) is 0 Å². The molecule has 0 saturated carbocycles. The Kier molecular flexibility index (Phi) is 9.04. The molecule has 2 aliphatic rings. The number of hydrogen-bond donors (Lipinski definition) is 2. The third-order valence-electron chi connectivity index (χ3n) is 9.23. The number of benzene rings is 3. The first kappa shape index (κ1) is 32.4. The summed E-state index contributed by atoms with van der Waals surface area (Å²) in [6.07, 6.45) is 1.27. The van der Waals surface area contributed by atoms with Gasteiger partial charge in [0.2, 0.25) is 0 Å². The van der Waals surface area contributed by atoms with Gasteiger partial charge in [-0.25, -0.2) is 13.5 Å². The number of amides is 1. The van der Waals surface area contributed by atoms with Crippen LogP contribution in [0.15, 0.2) is 95.4 Å². The molecule has 3 atom stereocenters. The molecule has 2 aromatic heterocycles. The Morgan fingerprint density at radius 1 is 1.00 bits per heavy atom. The second-order valence-electron chi connectivity index (χ2n) is 13.8. The predicted molar refractivity (Wildman–Crippen MR) is 190 cm³/mol. The zero-order chi connectivity index (χ0) is 33.4. The Morgan fingerprint density at radius 3 is 2.54 bits per heavy atom. The van der Waals surface area contributed by atoms with E-state index in [2.05, 4.69) is 34.5 Å². The lowest BCUT2D eigenvalue weighted by atomic mass is 9.94. The molecule has 0 spiro atoms. The van der Waals surface area contributed by atoms with Gasteiger partial charge in [0.1, 0.15) is 28.0 Å². The van der Waals surface area contributed by atoms with E-state index in [4.69, 9.17) is 9.40 Å². The zero-order valence-corrected chi connectivity index (χ0v) is 28.5. The van der Waals surface area contributed by atoms with Crippen LogP contribution in [0, 0.1) is 0 Å². The van der Waals surface area contributed by atoms with Crippen molar-refractivity contribution in [2.75, 3.05) is 19.7 Å². The fraction of sp³-hybridized carbons (Fsp3) is 0.333. The summed E-state index contributed by atoms with van der Waals surface area (Å²) in [5.41, 5.74) is 6.63. The molecule has 4 heterocycles. The molecule has 1 amide bonds. The Labute approximate surface area is 284 Å². The number of nitrogens with one attached hydrogen (secondary N) is 1. The number of para-hydroxylation sites is 1. The number of aliphatic hydroxyl groups is 1. The van der Waals surface area contributed by atoms with Crippen LogP contribution in [-0.4, -0.2) is 59.9 Å². The van der Waals surface area contributed by atoms with E-state index in [9.17, 15) is 14.1 Å². The molecule has 0 aliphatic carbocycles. The molecule has 7 rings (SSSR count). The van der Waals surface area contributed by atoms with E-state index in [1.807, 2.05) is 91.8 Å². The van der Waals surface area contributed by atoms with E-state index in [1.165, 1.54) is 5.56 Å². The number of carbonyl (C=O) groups excluding carboxylic acids is 1. The largest absolute Gasteiger partial charge is 0.456 e. The molecular weight excluding hydrogens is 621 g/mol. The molecule has 0 unspecified atom stereocenters. The minimum Gasteiger partial charge on any atom is -0.456 e. The van der Waals surface area contributed by atoms with Crippen LogP contribution in [0.1, 0.15) is 66.8 Å². The number of fused-ring (bicyclic) bond motifs is 2. The Morgan fingerprint density at radius 2 is 1.77 bits per heavy atom. The Hall–Kier alpha value is -4.15. The van der Waals surface area contributed by atoms with Crippen molar-refractivity contribution in [1.82, 2.24) is 19.5 Å². The summed E-state index contributed by atoms with van der Waals surface area (Å²) >= 11 is 0. The fourth-order valence-corrected chi connectivity index (χ4v) is 8.35. The number of aromatic nitrogens is 1. The standard InChI is InChI=1S/C39H42N4O4S/c1-39(2,3)48(46)43-24-30-21-32(38(45)40-31-16-18-42(25-31)23-26-10-5-4-6-11-26)41-37(36(30)33(43)17-19-44)29-14-9-13-27(20-29)35-22-28-12-7-8-15-34(28)47-35/h4-15,20-22,31,33,44H,16-19,23-25H2,1-3H3,(H,40,45)/t31-,33+,48+/m1/s1. The number of carbonyl (C=O) groups is 1. The van der Waals surface area contributed by atoms with E-state index in [0.717, 1.165) is 65.0 Å². The smallest absolute Gasteiger partial charge is 0.270 e. The highest BCUT2D eigenvalue weighted by Crippen LogP contribution is 2.44. The number of aliphatic hydroxyl groups excluding tert-OH is 1. The molecule has 5 aromatic rings. The molecule has 9 heteroatoms. The molecule has 2 aliphatic heterocycles. The molecular formula is C39H42N4O4S. The SMILES string of the molecule is CC(C)(C)[S@](=O)N1Cc2cc(C(=O)N[C@@H]3CCN(Cc4ccccc4)C3)nc(-c3cccc(-c4cc5ccccc5o4)c3)c2[C@@H]1CCO. The van der Waals surface area contributed by atoms with Gasteiger partial charge in [0, 0.05) is 60.9 Å². The van der Waals surface area contributed by atoms with Crippen LogP contribution in [0.4, 0.5) is 0 Å². The van der Waals surface area contributed by atoms with Gasteiger partial charge in [-0.3, -0.25) is 9.69 Å². The van der Waals surface area contributed by atoms with Crippen LogP contribution in [0.25, 0.3) is 33.6 Å². The van der Waals surface area contributed by atoms with Gasteiger partial charge in [-0.15, -0.1) is 0 Å². The van der Waals surface area contributed by atoms with E-state index >= 15 is 0 Å². The summed E-state index contributed by atoms with van der Waals surface area (Å²) in [4.78, 5) is 21.3. The van der Waals surface area contributed by atoms with E-state index in [0.29, 0.717) is 24.4 Å². The molecule has 0 radical (unpaired) electrons. The average Bonchev–Trinajstić information content (AvgIpc) is 3.81. The minimum absolute atomic E-state index is 0.0168. The maximum Gasteiger partial charge on any atom is 0.270 e. The van der Waals surface area contributed by atoms with Crippen LogP contribution >= 0.6 is 0 Å². The van der Waals surface area contributed by atoms with Gasteiger partial charge in [-0.05, 0) is 69.0 Å². The number of furan rings is 1. The quantitative estimate of drug-likeness (QED) is 0.179. The first-order chi connectivity index (χ1) is 23.2. The van der Waals surface area contributed by atoms with Crippen molar-refractivity contribution in [2.45, 2.75) is 63.5 Å². The molecule has 248 valence electrons. The third-order valence-corrected chi connectivity index (χ3v) is 11.1. The molecule has 1 fully saturated rings. The van der Waals surface area contributed by atoms with Crippen molar-refractivity contribution in [3.05, 3.63) is 113 Å². The van der Waals surface area contributed by atoms with Gasteiger partial charge in [-0.2, -0.15) is 0 Å². The number of pyridine rings is 1. The average molecular weight is 663 g/mol. The first-order valence-corrected chi connectivity index (χ1v) is 17.8. The second-order valence-corrected chi connectivity index (χ2v) is 16.0. The number of nitrogens with zero attached hydrogens (tertiary/aromatic N) is 3. The summed E-state index contributed by atoms with van der Waals surface area (Å²) in [5.74, 6) is 0.528. The molecule has 0 bridgehead atoms. The van der Waals surface area contributed by atoms with E-state index in [-0.39, 0.29) is 24.6 Å². The van der Waals surface area contributed by atoms with E-state index < -0.39 is 15.7 Å². The maximum absolute atomic E-state index is 13.9. The summed E-state index contributed by atoms with van der Waals surface area (Å²) < 4.78 is 21.5. The number of likely N-dealkylation sites (tertiary alicyclic amines) is 1. The highest BCUT2D eigenvalue weighted by atomic mass is 32.2. The summed E-state index contributed by atoms with van der Waals surface area (Å²) in [7, 11) is -1.35. The van der Waals surface area contributed by atoms with Gasteiger partial charge < -0.3 is 14.8 Å². The number of hydrogen-bond acceptors (Lipinski definition) is 6. The molecule has 48 heavy (non-hydrogen) atoms. The Bertz CT molecular complexity index is 1940. The van der Waals surface area contributed by atoms with Crippen molar-refractivity contribution in [3.63, 3.8) is 0 Å². The summed E-state index contributed by atoms with van der Waals surface area (Å²) in [6.45, 7) is 8.74. The highest BCUT2D eigenvalue weighted by Gasteiger charge is 2.40. The van der Waals surface area contributed by atoms with Gasteiger partial charge in [0.05, 0.1) is 16.5 Å². The number of rotatable bonds is 9. The van der Waals surface area contributed by atoms with Crippen molar-refractivity contribution >= 4 is 27.9 Å². The third kappa shape index (κ3) is 6.60. The van der Waals surface area contributed by atoms with Crippen LogP contribution in [-0.2, 0) is 24.1 Å². The van der Waals surface area contributed by atoms with Gasteiger partial charge >= 0.3 is 0 Å². The monoisotopic (exact) mass is 662 g/mol. The summed E-state index contributed by atoms with van der Waals surface area (Å²) in [6, 6.07) is 29.9. The molecule has 1 saturated heterocycles. The zero-order valence-electron chi connectivity index (χ0n) is 27.7. The highest BCUT2D eigenvalue weighted by molar-refractivity contribution is 7.84. The normalized spacial score (nSPS) is 19.1. The second kappa shape index (κ2) is 13.4. The lowest BCUT2D eigenvalue weighted by Crippen LogP contribution is -2.37. The van der Waals surface area contributed by atoms with Gasteiger partial charge in [-0.1, -0.05) is 66.7 Å². The molecule has 3 aromatic carbocycles. The first-order valence-electron chi connectivity index (χ1n) is 16.7. The van der Waals surface area contributed by atoms with Crippen molar-refractivity contribution in [1.29, 1.82) is 0 Å². The summed E-state index contributed by atoms with van der Waals surface area (Å²) in [5, 5.41) is 14.4. The van der Waals surface area contributed by atoms with Crippen molar-refractivity contribution in [3.8, 4) is 22.6 Å². The van der Waals surface area contributed by atoms with Gasteiger partial charge in [0.25, 0.3) is 5.91 Å². The lowest BCUT2D eigenvalue weighted by Gasteiger charge is -2.30. The maximum atomic E-state index is 13.9. The van der Waals surface area contributed by atoms with Crippen LogP contribution < -0.4 is 5.32 Å². The topological polar surface area (TPSA) is 98.9 Å². The predicted octanol–water partition coefficient (Wildman–Crippen LogP) is 6.87. The fourth-order valence-electron chi connectivity index (χ4n) is 6.94. The van der Waals surface area contributed by atoms with Crippen LogP contribution in [0.2, 0.25) is 0 Å². The van der Waals surface area contributed by atoms with Crippen molar-refractivity contribution in [2.24, 2.45) is 0 Å². The lowest BCUT2D eigenvalue weighted by molar-refractivity contribution is 0.0932.